The van der Waals surface area contributed by atoms with Crippen molar-refractivity contribution in [3.8, 4) is 0 Å². The Morgan fingerprint density at radius 1 is 1.26 bits per heavy atom. The molecule has 2 heterocycles. The van der Waals surface area contributed by atoms with Gasteiger partial charge in [-0.05, 0) is 43.0 Å². The molecule has 0 radical (unpaired) electrons. The first-order valence-electron chi connectivity index (χ1n) is 6.05. The summed E-state index contributed by atoms with van der Waals surface area (Å²) in [6.45, 7) is 3.88. The number of fused-ring (bicyclic) bond motifs is 1. The van der Waals surface area contributed by atoms with Crippen LogP contribution >= 0.6 is 11.3 Å². The van der Waals surface area contributed by atoms with Crippen LogP contribution in [0.3, 0.4) is 0 Å². The van der Waals surface area contributed by atoms with Gasteiger partial charge in [0.15, 0.2) is 0 Å². The third-order valence-corrected chi connectivity index (χ3v) is 4.30. The molecule has 0 bridgehead atoms. The highest BCUT2D eigenvalue weighted by Gasteiger charge is 2.18. The van der Waals surface area contributed by atoms with Crippen LogP contribution in [0.1, 0.15) is 20.9 Å². The summed E-state index contributed by atoms with van der Waals surface area (Å²) in [6, 6.07) is 9.66. The van der Waals surface area contributed by atoms with Crippen molar-refractivity contribution in [3.05, 3.63) is 51.8 Å². The Kier molecular flexibility index (Phi) is 2.68. The van der Waals surface area contributed by atoms with Crippen LogP contribution in [0.2, 0.25) is 0 Å². The molecular weight excluding hydrogens is 256 g/mol. The van der Waals surface area contributed by atoms with Gasteiger partial charge in [-0.15, -0.1) is 11.3 Å². The van der Waals surface area contributed by atoms with Gasteiger partial charge in [-0.25, -0.2) is 0 Å². The number of nitrogen functional groups attached to an aromatic ring is 1. The molecule has 0 amide bonds. The van der Waals surface area contributed by atoms with Crippen LogP contribution in [-0.2, 0) is 0 Å². The summed E-state index contributed by atoms with van der Waals surface area (Å²) < 4.78 is 1.71. The lowest BCUT2D eigenvalue weighted by Crippen LogP contribution is -2.13. The standard InChI is InChI=1S/C15H14N2OS/c1-9-6-7-19-14(9)15(18)17-10(2)8-11-4-3-5-12(16)13(11)17/h3-8H,16H2,1-2H3. The first-order chi connectivity index (χ1) is 9.09. The maximum Gasteiger partial charge on any atom is 0.272 e. The van der Waals surface area contributed by atoms with E-state index in [1.54, 1.807) is 4.57 Å². The average Bonchev–Trinajstić information content (AvgIpc) is 2.92. The topological polar surface area (TPSA) is 48.0 Å². The Bertz CT molecular complexity index is 783. The van der Waals surface area contributed by atoms with Crippen LogP contribution in [0.15, 0.2) is 35.7 Å². The van der Waals surface area contributed by atoms with Crippen molar-refractivity contribution in [1.29, 1.82) is 0 Å². The van der Waals surface area contributed by atoms with E-state index in [0.29, 0.717) is 5.69 Å². The third kappa shape index (κ3) is 1.76. The Morgan fingerprint density at radius 2 is 2.05 bits per heavy atom. The van der Waals surface area contributed by atoms with Crippen molar-refractivity contribution >= 4 is 33.8 Å². The van der Waals surface area contributed by atoms with Crippen molar-refractivity contribution in [2.45, 2.75) is 13.8 Å². The van der Waals surface area contributed by atoms with Gasteiger partial charge in [0, 0.05) is 11.1 Å². The fourth-order valence-electron chi connectivity index (χ4n) is 2.38. The fraction of sp³-hybridized carbons (Fsp3) is 0.133. The lowest BCUT2D eigenvalue weighted by Gasteiger charge is -2.08. The predicted molar refractivity (Wildman–Crippen MR) is 79.9 cm³/mol. The van der Waals surface area contributed by atoms with Gasteiger partial charge >= 0.3 is 0 Å². The molecule has 0 fully saturated rings. The Hall–Kier alpha value is -2.07. The lowest BCUT2D eigenvalue weighted by molar-refractivity contribution is 0.0966. The molecule has 96 valence electrons. The van der Waals surface area contributed by atoms with Gasteiger partial charge in [0.2, 0.25) is 0 Å². The molecule has 0 aliphatic carbocycles. The van der Waals surface area contributed by atoms with Crippen molar-refractivity contribution in [2.75, 3.05) is 5.73 Å². The van der Waals surface area contributed by atoms with Gasteiger partial charge in [-0.2, -0.15) is 0 Å². The summed E-state index contributed by atoms with van der Waals surface area (Å²) in [4.78, 5) is 13.5. The van der Waals surface area contributed by atoms with Gasteiger partial charge in [-0.3, -0.25) is 9.36 Å². The number of benzene rings is 1. The van der Waals surface area contributed by atoms with Crippen molar-refractivity contribution in [3.63, 3.8) is 0 Å². The van der Waals surface area contributed by atoms with Gasteiger partial charge in [0.25, 0.3) is 5.91 Å². The second-order valence-corrected chi connectivity index (χ2v) is 5.56. The zero-order valence-electron chi connectivity index (χ0n) is 10.8. The van der Waals surface area contributed by atoms with Crippen LogP contribution < -0.4 is 5.73 Å². The van der Waals surface area contributed by atoms with Crippen LogP contribution in [0, 0.1) is 13.8 Å². The van der Waals surface area contributed by atoms with Gasteiger partial charge in [-0.1, -0.05) is 12.1 Å². The van der Waals surface area contributed by atoms with Crippen molar-refractivity contribution in [2.24, 2.45) is 0 Å². The van der Waals surface area contributed by atoms with Crippen LogP contribution in [0.25, 0.3) is 10.9 Å². The molecule has 0 saturated heterocycles. The highest BCUT2D eigenvalue weighted by Crippen LogP contribution is 2.27. The maximum atomic E-state index is 12.7. The zero-order valence-corrected chi connectivity index (χ0v) is 11.6. The van der Waals surface area contributed by atoms with E-state index in [1.165, 1.54) is 11.3 Å². The van der Waals surface area contributed by atoms with Crippen LogP contribution in [-0.4, -0.2) is 10.5 Å². The number of rotatable bonds is 1. The van der Waals surface area contributed by atoms with E-state index in [0.717, 1.165) is 27.0 Å². The minimum atomic E-state index is -0.00194. The van der Waals surface area contributed by atoms with Gasteiger partial charge in [0.05, 0.1) is 16.1 Å². The Morgan fingerprint density at radius 3 is 2.74 bits per heavy atom. The van der Waals surface area contributed by atoms with E-state index < -0.39 is 0 Å². The molecule has 0 aliphatic rings. The summed E-state index contributed by atoms with van der Waals surface area (Å²) in [5, 5.41) is 2.94. The molecule has 2 aromatic heterocycles. The molecule has 2 N–H and O–H groups in total. The number of hydrogen-bond acceptors (Lipinski definition) is 3. The molecule has 1 aromatic carbocycles. The first kappa shape index (κ1) is 12.0. The predicted octanol–water partition coefficient (Wildman–Crippen LogP) is 3.59. The molecule has 3 aromatic rings. The number of hydrogen-bond donors (Lipinski definition) is 1. The molecule has 0 aliphatic heterocycles. The highest BCUT2D eigenvalue weighted by atomic mass is 32.1. The number of nitrogens with zero attached hydrogens (tertiary/aromatic N) is 1. The molecule has 0 unspecified atom stereocenters. The Labute approximate surface area is 115 Å². The van der Waals surface area contributed by atoms with E-state index in [-0.39, 0.29) is 5.91 Å². The SMILES string of the molecule is Cc1ccsc1C(=O)n1c(C)cc2cccc(N)c21. The van der Waals surface area contributed by atoms with Gasteiger partial charge < -0.3 is 5.73 Å². The van der Waals surface area contributed by atoms with E-state index in [2.05, 4.69) is 0 Å². The van der Waals surface area contributed by atoms with E-state index in [1.807, 2.05) is 49.6 Å². The molecule has 0 atom stereocenters. The fourth-order valence-corrected chi connectivity index (χ4v) is 3.23. The van der Waals surface area contributed by atoms with Crippen LogP contribution in [0.4, 0.5) is 5.69 Å². The molecule has 19 heavy (non-hydrogen) atoms. The average molecular weight is 270 g/mol. The minimum absolute atomic E-state index is 0.00194. The number of anilines is 1. The third-order valence-electron chi connectivity index (χ3n) is 3.30. The van der Waals surface area contributed by atoms with Crippen molar-refractivity contribution < 1.29 is 4.79 Å². The second-order valence-electron chi connectivity index (χ2n) is 4.64. The highest BCUT2D eigenvalue weighted by molar-refractivity contribution is 7.12. The van der Waals surface area contributed by atoms with Crippen molar-refractivity contribution in [1.82, 2.24) is 4.57 Å². The number of carbonyl (C=O) groups excluding carboxylic acids is 1. The summed E-state index contributed by atoms with van der Waals surface area (Å²) >= 11 is 1.47. The molecule has 3 rings (SSSR count). The normalized spacial score (nSPS) is 11.1. The Balaban J connectivity index is 2.29. The van der Waals surface area contributed by atoms with Crippen LogP contribution in [0.5, 0.6) is 0 Å². The zero-order chi connectivity index (χ0) is 13.6. The van der Waals surface area contributed by atoms with E-state index in [4.69, 9.17) is 5.73 Å². The number of aromatic nitrogens is 1. The summed E-state index contributed by atoms with van der Waals surface area (Å²) in [7, 11) is 0. The minimum Gasteiger partial charge on any atom is -0.397 e. The molecule has 3 nitrogen and oxygen atoms in total. The number of para-hydroxylation sites is 1. The summed E-state index contributed by atoms with van der Waals surface area (Å²) in [5.41, 5.74) is 9.38. The molecule has 4 heteroatoms. The molecular formula is C15H14N2OS. The first-order valence-corrected chi connectivity index (χ1v) is 6.93. The number of thiophene rings is 1. The van der Waals surface area contributed by atoms with E-state index in [9.17, 15) is 4.79 Å². The quantitative estimate of drug-likeness (QED) is 0.687. The van der Waals surface area contributed by atoms with E-state index >= 15 is 0 Å². The molecule has 0 spiro atoms. The monoisotopic (exact) mass is 270 g/mol. The largest absolute Gasteiger partial charge is 0.397 e. The van der Waals surface area contributed by atoms with Gasteiger partial charge in [0.1, 0.15) is 0 Å². The molecule has 0 saturated carbocycles. The smallest absolute Gasteiger partial charge is 0.272 e. The lowest BCUT2D eigenvalue weighted by atomic mass is 10.2. The summed E-state index contributed by atoms with van der Waals surface area (Å²) in [5.74, 6) is -0.00194. The number of carbonyl (C=O) groups is 1. The summed E-state index contributed by atoms with van der Waals surface area (Å²) in [6.07, 6.45) is 0. The maximum absolute atomic E-state index is 12.7. The number of nitrogens with two attached hydrogens (primary N) is 1. The number of aryl methyl sites for hydroxylation is 2. The second kappa shape index (κ2) is 4.24.